The van der Waals surface area contributed by atoms with Gasteiger partial charge >= 0.3 is 0 Å². The lowest BCUT2D eigenvalue weighted by Gasteiger charge is -2.45. The number of anilines is 1. The van der Waals surface area contributed by atoms with Gasteiger partial charge in [-0.25, -0.2) is 9.97 Å². The molecule has 0 saturated carbocycles. The standard InChI is InChI=1S/C19H19ClN4O2/c1-19(9-26-10-19)24-8-16-15(17(24)25)7-21-18(23-16)22-14-5-11-2-3-13(20)4-12(11)6-14/h2-4,7,14H,5-6,8-10H2,1H3,(H,21,22,23). The van der Waals surface area contributed by atoms with E-state index in [2.05, 4.69) is 21.4 Å². The zero-order valence-corrected chi connectivity index (χ0v) is 15.2. The van der Waals surface area contributed by atoms with Gasteiger partial charge in [0, 0.05) is 17.3 Å². The van der Waals surface area contributed by atoms with Crippen molar-refractivity contribution >= 4 is 23.5 Å². The predicted molar refractivity (Wildman–Crippen MR) is 97.4 cm³/mol. The number of carbonyl (C=O) groups excluding carboxylic acids is 1. The quantitative estimate of drug-likeness (QED) is 0.898. The van der Waals surface area contributed by atoms with Crippen molar-refractivity contribution in [3.63, 3.8) is 0 Å². The highest BCUT2D eigenvalue weighted by molar-refractivity contribution is 6.30. The van der Waals surface area contributed by atoms with E-state index in [1.807, 2.05) is 24.0 Å². The van der Waals surface area contributed by atoms with Crippen LogP contribution in [-0.2, 0) is 24.1 Å². The third kappa shape index (κ3) is 2.47. The molecule has 1 N–H and O–H groups in total. The molecule has 2 aromatic rings. The highest BCUT2D eigenvalue weighted by atomic mass is 35.5. The molecule has 1 saturated heterocycles. The summed E-state index contributed by atoms with van der Waals surface area (Å²) in [6.45, 7) is 3.72. The molecule has 1 fully saturated rings. The Morgan fingerprint density at radius 3 is 2.88 bits per heavy atom. The summed E-state index contributed by atoms with van der Waals surface area (Å²) in [5.41, 5.74) is 3.75. The minimum atomic E-state index is -0.224. The number of halogens is 1. The molecule has 2 aliphatic heterocycles. The topological polar surface area (TPSA) is 67.4 Å². The van der Waals surface area contributed by atoms with Gasteiger partial charge in [-0.15, -0.1) is 0 Å². The fourth-order valence-electron chi connectivity index (χ4n) is 4.01. The average Bonchev–Trinajstić information content (AvgIpc) is 3.13. The van der Waals surface area contributed by atoms with Crippen molar-refractivity contribution in [3.8, 4) is 0 Å². The van der Waals surface area contributed by atoms with Crippen molar-refractivity contribution in [2.75, 3.05) is 18.5 Å². The summed E-state index contributed by atoms with van der Waals surface area (Å²) in [6.07, 6.45) is 3.47. The van der Waals surface area contributed by atoms with Gasteiger partial charge in [0.25, 0.3) is 5.91 Å². The molecule has 1 aliphatic carbocycles. The number of aromatic nitrogens is 2. The highest BCUT2D eigenvalue weighted by Gasteiger charge is 2.46. The van der Waals surface area contributed by atoms with Crippen molar-refractivity contribution in [2.45, 2.75) is 37.9 Å². The number of nitrogens with zero attached hydrogens (tertiary/aromatic N) is 3. The third-order valence-corrected chi connectivity index (χ3v) is 5.80. The molecule has 26 heavy (non-hydrogen) atoms. The van der Waals surface area contributed by atoms with E-state index >= 15 is 0 Å². The molecule has 1 aromatic carbocycles. The van der Waals surface area contributed by atoms with Gasteiger partial charge in [0.15, 0.2) is 0 Å². The van der Waals surface area contributed by atoms with Crippen LogP contribution in [-0.4, -0.2) is 45.6 Å². The molecular formula is C19H19ClN4O2. The Morgan fingerprint density at radius 2 is 2.12 bits per heavy atom. The summed E-state index contributed by atoms with van der Waals surface area (Å²) in [5.74, 6) is 0.581. The Hall–Kier alpha value is -2.18. The molecule has 3 aliphatic rings. The Labute approximate surface area is 156 Å². The maximum Gasteiger partial charge on any atom is 0.258 e. The van der Waals surface area contributed by atoms with E-state index in [-0.39, 0.29) is 17.5 Å². The van der Waals surface area contributed by atoms with Crippen molar-refractivity contribution in [1.82, 2.24) is 14.9 Å². The first-order valence-electron chi connectivity index (χ1n) is 8.81. The third-order valence-electron chi connectivity index (χ3n) is 5.56. The number of rotatable bonds is 3. The minimum Gasteiger partial charge on any atom is -0.376 e. The average molecular weight is 371 g/mol. The van der Waals surface area contributed by atoms with Gasteiger partial charge in [-0.05, 0) is 43.0 Å². The molecule has 3 heterocycles. The van der Waals surface area contributed by atoms with E-state index in [1.165, 1.54) is 11.1 Å². The number of fused-ring (bicyclic) bond motifs is 2. The van der Waals surface area contributed by atoms with Crippen LogP contribution in [0.5, 0.6) is 0 Å². The van der Waals surface area contributed by atoms with Gasteiger partial charge in [0.1, 0.15) is 0 Å². The lowest BCUT2D eigenvalue weighted by molar-refractivity contribution is -0.116. The number of ether oxygens (including phenoxy) is 1. The highest BCUT2D eigenvalue weighted by Crippen LogP contribution is 2.33. The van der Waals surface area contributed by atoms with Crippen LogP contribution in [0.1, 0.15) is 34.1 Å². The van der Waals surface area contributed by atoms with Crippen molar-refractivity contribution in [1.29, 1.82) is 0 Å². The van der Waals surface area contributed by atoms with Crippen LogP contribution in [0.2, 0.25) is 5.02 Å². The molecule has 6 nitrogen and oxygen atoms in total. The summed E-state index contributed by atoms with van der Waals surface area (Å²) >= 11 is 6.09. The number of amides is 1. The normalized spacial score (nSPS) is 22.8. The van der Waals surface area contributed by atoms with E-state index in [9.17, 15) is 4.79 Å². The zero-order valence-electron chi connectivity index (χ0n) is 14.5. The number of nitrogens with one attached hydrogen (secondary N) is 1. The maximum atomic E-state index is 12.6. The van der Waals surface area contributed by atoms with Crippen LogP contribution in [0.3, 0.4) is 0 Å². The second kappa shape index (κ2) is 5.66. The second-order valence-corrected chi connectivity index (χ2v) is 8.03. The predicted octanol–water partition coefficient (Wildman–Crippen LogP) is 2.45. The van der Waals surface area contributed by atoms with Gasteiger partial charge in [-0.2, -0.15) is 0 Å². The van der Waals surface area contributed by atoms with Crippen LogP contribution < -0.4 is 5.32 Å². The van der Waals surface area contributed by atoms with E-state index < -0.39 is 0 Å². The first-order chi connectivity index (χ1) is 12.5. The molecule has 5 rings (SSSR count). The summed E-state index contributed by atoms with van der Waals surface area (Å²) in [6, 6.07) is 6.28. The summed E-state index contributed by atoms with van der Waals surface area (Å²) in [5, 5.41) is 4.18. The van der Waals surface area contributed by atoms with E-state index in [0.717, 1.165) is 23.6 Å². The van der Waals surface area contributed by atoms with Crippen molar-refractivity contribution in [2.24, 2.45) is 0 Å². The molecule has 1 aromatic heterocycles. The Bertz CT molecular complexity index is 912. The van der Waals surface area contributed by atoms with Gasteiger partial charge in [0.05, 0.1) is 36.6 Å². The molecule has 1 unspecified atom stereocenters. The molecular weight excluding hydrogens is 352 g/mol. The lowest BCUT2D eigenvalue weighted by atomic mass is 9.98. The van der Waals surface area contributed by atoms with Gasteiger partial charge in [-0.1, -0.05) is 17.7 Å². The van der Waals surface area contributed by atoms with E-state index in [4.69, 9.17) is 16.3 Å². The smallest absolute Gasteiger partial charge is 0.258 e. The minimum absolute atomic E-state index is 0.000244. The largest absolute Gasteiger partial charge is 0.376 e. The van der Waals surface area contributed by atoms with Crippen LogP contribution in [0.25, 0.3) is 0 Å². The Kier molecular flexibility index (Phi) is 3.49. The molecule has 0 bridgehead atoms. The molecule has 1 atom stereocenters. The van der Waals surface area contributed by atoms with Crippen LogP contribution in [0.4, 0.5) is 5.95 Å². The number of hydrogen-bond acceptors (Lipinski definition) is 5. The SMILES string of the molecule is CC1(N2Cc3nc(NC4Cc5ccc(Cl)cc5C4)ncc3C2=O)COC1. The van der Waals surface area contributed by atoms with Crippen LogP contribution in [0.15, 0.2) is 24.4 Å². The summed E-state index contributed by atoms with van der Waals surface area (Å²) in [4.78, 5) is 23.5. The zero-order chi connectivity index (χ0) is 17.9. The van der Waals surface area contributed by atoms with E-state index in [0.29, 0.717) is 31.3 Å². The monoisotopic (exact) mass is 370 g/mol. The molecule has 1 amide bonds. The summed E-state index contributed by atoms with van der Waals surface area (Å²) in [7, 11) is 0. The van der Waals surface area contributed by atoms with Crippen molar-refractivity contribution < 1.29 is 9.53 Å². The molecule has 7 heteroatoms. The van der Waals surface area contributed by atoms with Crippen LogP contribution in [0, 0.1) is 0 Å². The fraction of sp³-hybridized carbons (Fsp3) is 0.421. The van der Waals surface area contributed by atoms with Gasteiger partial charge in [-0.3, -0.25) is 4.79 Å². The van der Waals surface area contributed by atoms with Gasteiger partial charge < -0.3 is 15.0 Å². The number of carbonyl (C=O) groups is 1. The Balaban J connectivity index is 1.33. The van der Waals surface area contributed by atoms with Crippen LogP contribution >= 0.6 is 11.6 Å². The number of hydrogen-bond donors (Lipinski definition) is 1. The summed E-state index contributed by atoms with van der Waals surface area (Å²) < 4.78 is 5.30. The molecule has 134 valence electrons. The Morgan fingerprint density at radius 1 is 1.31 bits per heavy atom. The van der Waals surface area contributed by atoms with Crippen molar-refractivity contribution in [3.05, 3.63) is 51.8 Å². The number of benzene rings is 1. The second-order valence-electron chi connectivity index (χ2n) is 7.60. The lowest BCUT2D eigenvalue weighted by Crippen LogP contribution is -2.60. The first kappa shape index (κ1) is 16.0. The molecule has 0 radical (unpaired) electrons. The first-order valence-corrected chi connectivity index (χ1v) is 9.19. The fourth-order valence-corrected chi connectivity index (χ4v) is 4.21. The maximum absolute atomic E-state index is 12.6. The van der Waals surface area contributed by atoms with E-state index in [1.54, 1.807) is 6.20 Å². The molecule has 0 spiro atoms. The van der Waals surface area contributed by atoms with Gasteiger partial charge in [0.2, 0.25) is 5.95 Å².